The third-order valence-corrected chi connectivity index (χ3v) is 7.20. The van der Waals surface area contributed by atoms with E-state index in [0.29, 0.717) is 32.1 Å². The van der Waals surface area contributed by atoms with Crippen LogP contribution in [-0.2, 0) is 19.8 Å². The van der Waals surface area contributed by atoms with Gasteiger partial charge in [-0.05, 0) is 48.8 Å². The third-order valence-electron chi connectivity index (χ3n) is 7.20. The minimum atomic E-state index is -0.923. The van der Waals surface area contributed by atoms with Gasteiger partial charge in [-0.15, -0.1) is 0 Å². The molecule has 4 rings (SSSR count). The Morgan fingerprint density at radius 1 is 1.00 bits per heavy atom. The molecule has 152 valence electrons. The van der Waals surface area contributed by atoms with E-state index >= 15 is 0 Å². The number of fused-ring (bicyclic) bond motifs is 1. The van der Waals surface area contributed by atoms with E-state index in [-0.39, 0.29) is 22.9 Å². The normalized spacial score (nSPS) is 29.2. The van der Waals surface area contributed by atoms with Crippen LogP contribution in [0.1, 0.15) is 58.4 Å². The number of para-hydroxylation sites is 1. The Morgan fingerprint density at radius 3 is 2.28 bits per heavy atom. The maximum atomic E-state index is 13.0. The molecule has 3 aliphatic rings. The number of hydrogen-bond acceptors (Lipinski definition) is 3. The molecule has 1 unspecified atom stereocenters. The molecular formula is C25H29NO3. The molecule has 1 aromatic rings. The number of hydrogen-bond donors (Lipinski definition) is 0. The number of anilines is 1. The SMILES string of the molecule is C=C1CC2(C/C1=C/CC1(C)C(=O)N(C)c3ccccc31)C(=O)CC(C)(C)CC2=O. The van der Waals surface area contributed by atoms with E-state index in [4.69, 9.17) is 0 Å². The Balaban J connectivity index is 1.62. The maximum absolute atomic E-state index is 13.0. The molecule has 29 heavy (non-hydrogen) atoms. The van der Waals surface area contributed by atoms with Gasteiger partial charge in [-0.25, -0.2) is 0 Å². The molecule has 0 N–H and O–H groups in total. The Kier molecular flexibility index (Phi) is 4.27. The van der Waals surface area contributed by atoms with E-state index in [1.165, 1.54) is 0 Å². The van der Waals surface area contributed by atoms with Crippen LogP contribution in [0.5, 0.6) is 0 Å². The van der Waals surface area contributed by atoms with Crippen LogP contribution in [-0.4, -0.2) is 24.5 Å². The third kappa shape index (κ3) is 2.84. The summed E-state index contributed by atoms with van der Waals surface area (Å²) in [6.45, 7) is 10.1. The van der Waals surface area contributed by atoms with Crippen molar-refractivity contribution in [3.63, 3.8) is 0 Å². The van der Waals surface area contributed by atoms with Crippen LogP contribution in [0.15, 0.2) is 48.1 Å². The van der Waals surface area contributed by atoms with Gasteiger partial charge in [0.15, 0.2) is 0 Å². The van der Waals surface area contributed by atoms with Crippen LogP contribution in [0.2, 0.25) is 0 Å². The molecule has 2 aliphatic carbocycles. The van der Waals surface area contributed by atoms with Crippen molar-refractivity contribution in [2.24, 2.45) is 10.8 Å². The van der Waals surface area contributed by atoms with Crippen LogP contribution in [0.25, 0.3) is 0 Å². The van der Waals surface area contributed by atoms with E-state index in [9.17, 15) is 14.4 Å². The number of nitrogens with zero attached hydrogens (tertiary/aromatic N) is 1. The van der Waals surface area contributed by atoms with E-state index in [1.54, 1.807) is 4.90 Å². The van der Waals surface area contributed by atoms with Crippen molar-refractivity contribution in [1.29, 1.82) is 0 Å². The minimum absolute atomic E-state index is 0.0523. The van der Waals surface area contributed by atoms with Gasteiger partial charge in [0.2, 0.25) is 5.91 Å². The summed E-state index contributed by atoms with van der Waals surface area (Å²) in [6, 6.07) is 7.88. The van der Waals surface area contributed by atoms with Crippen LogP contribution in [0, 0.1) is 10.8 Å². The van der Waals surface area contributed by atoms with Gasteiger partial charge >= 0.3 is 0 Å². The molecule has 1 heterocycles. The summed E-state index contributed by atoms with van der Waals surface area (Å²) in [5.74, 6) is 0.175. The molecule has 1 aromatic carbocycles. The molecule has 1 aliphatic heterocycles. The van der Waals surface area contributed by atoms with Crippen LogP contribution < -0.4 is 4.90 Å². The highest BCUT2D eigenvalue weighted by atomic mass is 16.2. The van der Waals surface area contributed by atoms with Gasteiger partial charge in [-0.1, -0.05) is 50.3 Å². The van der Waals surface area contributed by atoms with Gasteiger partial charge in [0.25, 0.3) is 0 Å². The first-order chi connectivity index (χ1) is 13.5. The van der Waals surface area contributed by atoms with E-state index in [2.05, 4.69) is 6.58 Å². The molecule has 0 saturated heterocycles. The first-order valence-corrected chi connectivity index (χ1v) is 10.3. The quantitative estimate of drug-likeness (QED) is 0.696. The number of benzene rings is 1. The molecule has 2 fully saturated rings. The second-order valence-corrected chi connectivity index (χ2v) is 10.1. The number of carbonyl (C=O) groups excluding carboxylic acids is 3. The summed E-state index contributed by atoms with van der Waals surface area (Å²) in [5.41, 5.74) is 1.97. The highest BCUT2D eigenvalue weighted by molar-refractivity contribution is 6.11. The fourth-order valence-electron chi connectivity index (χ4n) is 5.38. The fourth-order valence-corrected chi connectivity index (χ4v) is 5.38. The Labute approximate surface area is 172 Å². The van der Waals surface area contributed by atoms with E-state index in [0.717, 1.165) is 22.4 Å². The highest BCUT2D eigenvalue weighted by Crippen LogP contribution is 2.53. The standard InChI is InChI=1S/C25H29NO3/c1-16-12-25(20(27)14-23(2,3)15-21(25)28)13-17(16)10-11-24(4)18-8-6-7-9-19(18)26(5)22(24)29/h6-10H,1,11-15H2,2-5H3/b17-10-. The summed E-state index contributed by atoms with van der Waals surface area (Å²) in [4.78, 5) is 40.7. The highest BCUT2D eigenvalue weighted by Gasteiger charge is 2.55. The number of rotatable bonds is 2. The first kappa shape index (κ1) is 19.8. The topological polar surface area (TPSA) is 54.5 Å². The average Bonchev–Trinajstić information content (AvgIpc) is 3.09. The van der Waals surface area contributed by atoms with Crippen molar-refractivity contribution in [3.05, 3.63) is 53.6 Å². The minimum Gasteiger partial charge on any atom is -0.314 e. The first-order valence-electron chi connectivity index (χ1n) is 10.3. The van der Waals surface area contributed by atoms with Gasteiger partial charge < -0.3 is 4.90 Å². The van der Waals surface area contributed by atoms with Crippen molar-refractivity contribution < 1.29 is 14.4 Å². The monoisotopic (exact) mass is 391 g/mol. The van der Waals surface area contributed by atoms with Crippen molar-refractivity contribution in [3.8, 4) is 0 Å². The Morgan fingerprint density at radius 2 is 1.62 bits per heavy atom. The van der Waals surface area contributed by atoms with Crippen molar-refractivity contribution in [2.75, 3.05) is 11.9 Å². The summed E-state index contributed by atoms with van der Waals surface area (Å²) in [5, 5.41) is 0. The van der Waals surface area contributed by atoms with Gasteiger partial charge in [-0.3, -0.25) is 14.4 Å². The zero-order chi connectivity index (χ0) is 21.2. The number of amides is 1. The number of ketones is 2. The molecule has 1 atom stereocenters. The van der Waals surface area contributed by atoms with Crippen molar-refractivity contribution in [2.45, 2.75) is 58.3 Å². The molecule has 0 radical (unpaired) electrons. The summed E-state index contributed by atoms with van der Waals surface area (Å²) in [7, 11) is 1.81. The van der Waals surface area contributed by atoms with Crippen LogP contribution >= 0.6 is 0 Å². The summed E-state index contributed by atoms with van der Waals surface area (Å²) >= 11 is 0. The van der Waals surface area contributed by atoms with Gasteiger partial charge in [0.1, 0.15) is 11.6 Å². The lowest BCUT2D eigenvalue weighted by atomic mass is 9.62. The van der Waals surface area contributed by atoms with Crippen LogP contribution in [0.4, 0.5) is 5.69 Å². The predicted octanol–water partition coefficient (Wildman–Crippen LogP) is 4.53. The molecule has 1 amide bonds. The van der Waals surface area contributed by atoms with E-state index < -0.39 is 10.8 Å². The second-order valence-electron chi connectivity index (χ2n) is 10.1. The summed E-state index contributed by atoms with van der Waals surface area (Å²) < 4.78 is 0. The van der Waals surface area contributed by atoms with Gasteiger partial charge in [0, 0.05) is 25.6 Å². The fraction of sp³-hybridized carbons (Fsp3) is 0.480. The molecular weight excluding hydrogens is 362 g/mol. The lowest BCUT2D eigenvalue weighted by Gasteiger charge is -2.38. The van der Waals surface area contributed by atoms with Crippen LogP contribution in [0.3, 0.4) is 0 Å². The maximum Gasteiger partial charge on any atom is 0.237 e. The summed E-state index contributed by atoms with van der Waals surface area (Å²) in [6.07, 6.45) is 4.31. The number of likely N-dealkylation sites (N-methyl/N-ethyl adjacent to an activating group) is 1. The molecule has 4 heteroatoms. The van der Waals surface area contributed by atoms with Crippen molar-refractivity contribution >= 4 is 23.2 Å². The molecule has 1 spiro atoms. The van der Waals surface area contributed by atoms with Gasteiger partial charge in [0.05, 0.1) is 10.8 Å². The Bertz CT molecular complexity index is 964. The largest absolute Gasteiger partial charge is 0.314 e. The number of Topliss-reactive ketones (excluding diaryl/α,β-unsaturated/α-hetero) is 2. The zero-order valence-electron chi connectivity index (χ0n) is 17.8. The smallest absolute Gasteiger partial charge is 0.237 e. The molecule has 4 nitrogen and oxygen atoms in total. The second kappa shape index (κ2) is 6.25. The van der Waals surface area contributed by atoms with Crippen molar-refractivity contribution in [1.82, 2.24) is 0 Å². The molecule has 2 saturated carbocycles. The van der Waals surface area contributed by atoms with E-state index in [1.807, 2.05) is 58.2 Å². The lowest BCUT2D eigenvalue weighted by molar-refractivity contribution is -0.147. The average molecular weight is 392 g/mol. The number of carbonyl (C=O) groups is 3. The predicted molar refractivity (Wildman–Crippen MR) is 114 cm³/mol. The molecule has 0 aromatic heterocycles. The molecule has 0 bridgehead atoms. The Hall–Kier alpha value is -2.49. The lowest BCUT2D eigenvalue weighted by Crippen LogP contribution is -2.46. The van der Waals surface area contributed by atoms with Gasteiger partial charge in [-0.2, -0.15) is 0 Å². The zero-order valence-corrected chi connectivity index (χ0v) is 17.8. The number of allylic oxidation sites excluding steroid dienone is 3.